The largest absolute Gasteiger partial charge is 0.350 e. The lowest BCUT2D eigenvalue weighted by Gasteiger charge is -2.29. The minimum Gasteiger partial charge on any atom is -0.350 e. The zero-order valence-electron chi connectivity index (χ0n) is 20.6. The average Bonchev–Trinajstić information content (AvgIpc) is 2.83. The molecule has 1 N–H and O–H groups in total. The van der Waals surface area contributed by atoms with Gasteiger partial charge in [0.25, 0.3) is 5.91 Å². The predicted molar refractivity (Wildman–Crippen MR) is 142 cm³/mol. The number of rotatable bonds is 9. The highest BCUT2D eigenvalue weighted by Gasteiger charge is 2.23. The molecule has 6 heteroatoms. The van der Waals surface area contributed by atoms with Crippen molar-refractivity contribution >= 4 is 23.6 Å². The van der Waals surface area contributed by atoms with Crippen molar-refractivity contribution in [2.75, 3.05) is 31.1 Å². The summed E-state index contributed by atoms with van der Waals surface area (Å²) in [5, 5.41) is 3.14. The molecule has 0 spiro atoms. The maximum atomic E-state index is 13.2. The van der Waals surface area contributed by atoms with Crippen LogP contribution < -0.4 is 5.32 Å². The molecule has 0 bridgehead atoms. The molecule has 1 atom stereocenters. The summed E-state index contributed by atoms with van der Waals surface area (Å²) in [5.41, 5.74) is 3.36. The molecular formula is C28H37N3O2S. The van der Waals surface area contributed by atoms with Crippen LogP contribution in [0.2, 0.25) is 0 Å². The SMILES string of the molecule is C=C1C=CC=C(C(=O)NCC(CC(C)C)c2ccccc2)N1/C=C(\C)CC(=O)N1CCSCC1. The Morgan fingerprint density at radius 3 is 2.56 bits per heavy atom. The van der Waals surface area contributed by atoms with Crippen LogP contribution in [-0.4, -0.2) is 52.8 Å². The Hall–Kier alpha value is -2.73. The molecule has 1 unspecified atom stereocenters. The van der Waals surface area contributed by atoms with Gasteiger partial charge in [-0.2, -0.15) is 11.8 Å². The van der Waals surface area contributed by atoms with E-state index in [1.807, 2.05) is 60.1 Å². The average molecular weight is 480 g/mol. The van der Waals surface area contributed by atoms with E-state index in [0.717, 1.165) is 36.6 Å². The third-order valence-corrected chi connectivity index (χ3v) is 6.97. The Balaban J connectivity index is 1.67. The summed E-state index contributed by atoms with van der Waals surface area (Å²) in [4.78, 5) is 29.6. The molecule has 2 aliphatic heterocycles. The van der Waals surface area contributed by atoms with Crippen molar-refractivity contribution in [3.8, 4) is 0 Å². The minimum atomic E-state index is -0.140. The Bertz CT molecular complexity index is 959. The Kier molecular flexibility index (Phi) is 9.63. The summed E-state index contributed by atoms with van der Waals surface area (Å²) in [7, 11) is 0. The number of hydrogen-bond donors (Lipinski definition) is 1. The zero-order chi connectivity index (χ0) is 24.5. The summed E-state index contributed by atoms with van der Waals surface area (Å²) < 4.78 is 0. The molecule has 2 aliphatic rings. The van der Waals surface area contributed by atoms with Gasteiger partial charge >= 0.3 is 0 Å². The van der Waals surface area contributed by atoms with Gasteiger partial charge in [-0.05, 0) is 42.6 Å². The van der Waals surface area contributed by atoms with Crippen molar-refractivity contribution in [1.29, 1.82) is 0 Å². The molecule has 1 aromatic rings. The summed E-state index contributed by atoms with van der Waals surface area (Å²) in [6.45, 7) is 12.6. The molecule has 1 saturated heterocycles. The fraction of sp³-hybridized carbons (Fsp3) is 0.429. The third-order valence-electron chi connectivity index (χ3n) is 6.02. The molecule has 0 saturated carbocycles. The molecule has 3 rings (SSSR count). The lowest BCUT2D eigenvalue weighted by Crippen LogP contribution is -2.38. The second kappa shape index (κ2) is 12.7. The first kappa shape index (κ1) is 25.9. The fourth-order valence-electron chi connectivity index (χ4n) is 4.27. The molecular weight excluding hydrogens is 442 g/mol. The maximum Gasteiger partial charge on any atom is 0.268 e. The number of benzene rings is 1. The molecule has 0 aliphatic carbocycles. The van der Waals surface area contributed by atoms with Gasteiger partial charge in [0, 0.05) is 55.4 Å². The highest BCUT2D eigenvalue weighted by atomic mass is 32.2. The molecule has 1 aromatic carbocycles. The standard InChI is InChI=1S/C28H37N3O2S/c1-21(2)17-25(24-10-6-5-7-11-24)19-29-28(33)26-12-8-9-23(4)31(26)20-22(3)18-27(32)30-13-15-34-16-14-30/h5-12,20-21,25H,4,13-19H2,1-3H3,(H,29,33)/b22-20+. The van der Waals surface area contributed by atoms with E-state index in [2.05, 4.69) is 37.9 Å². The van der Waals surface area contributed by atoms with Gasteiger partial charge in [-0.15, -0.1) is 0 Å². The van der Waals surface area contributed by atoms with Crippen molar-refractivity contribution in [1.82, 2.24) is 15.1 Å². The number of carbonyl (C=O) groups excluding carboxylic acids is 2. The number of nitrogens with zero attached hydrogens (tertiary/aromatic N) is 2. The first-order valence-electron chi connectivity index (χ1n) is 12.1. The molecule has 2 heterocycles. The van der Waals surface area contributed by atoms with Crippen molar-refractivity contribution < 1.29 is 9.59 Å². The van der Waals surface area contributed by atoms with Crippen LogP contribution in [0.5, 0.6) is 0 Å². The van der Waals surface area contributed by atoms with Gasteiger partial charge in [0.1, 0.15) is 5.70 Å². The van der Waals surface area contributed by atoms with Crippen LogP contribution in [0, 0.1) is 5.92 Å². The van der Waals surface area contributed by atoms with Gasteiger partial charge in [-0.1, -0.05) is 56.8 Å². The zero-order valence-corrected chi connectivity index (χ0v) is 21.4. The maximum absolute atomic E-state index is 13.2. The highest BCUT2D eigenvalue weighted by Crippen LogP contribution is 2.25. The van der Waals surface area contributed by atoms with Crippen LogP contribution in [0.1, 0.15) is 45.1 Å². The second-order valence-electron chi connectivity index (χ2n) is 9.36. The molecule has 1 fully saturated rings. The number of thioether (sulfide) groups is 1. The number of amides is 2. The van der Waals surface area contributed by atoms with E-state index in [1.165, 1.54) is 5.56 Å². The van der Waals surface area contributed by atoms with Crippen LogP contribution in [0.3, 0.4) is 0 Å². The second-order valence-corrected chi connectivity index (χ2v) is 10.6. The quantitative estimate of drug-likeness (QED) is 0.537. The van der Waals surface area contributed by atoms with Crippen LogP contribution >= 0.6 is 11.8 Å². The predicted octanol–water partition coefficient (Wildman–Crippen LogP) is 5.07. The number of hydrogen-bond acceptors (Lipinski definition) is 4. The molecule has 5 nitrogen and oxygen atoms in total. The summed E-state index contributed by atoms with van der Waals surface area (Å²) in [5.74, 6) is 2.77. The minimum absolute atomic E-state index is 0.140. The lowest BCUT2D eigenvalue weighted by atomic mass is 9.90. The summed E-state index contributed by atoms with van der Waals surface area (Å²) >= 11 is 1.89. The fourth-order valence-corrected chi connectivity index (χ4v) is 5.17. The van der Waals surface area contributed by atoms with Gasteiger partial charge in [-0.3, -0.25) is 9.59 Å². The third kappa shape index (κ3) is 7.39. The van der Waals surface area contributed by atoms with Crippen LogP contribution in [-0.2, 0) is 9.59 Å². The topological polar surface area (TPSA) is 52.7 Å². The van der Waals surface area contributed by atoms with Crippen LogP contribution in [0.4, 0.5) is 0 Å². The Morgan fingerprint density at radius 2 is 1.88 bits per heavy atom. The normalized spacial score (nSPS) is 17.6. The van der Waals surface area contributed by atoms with Gasteiger partial charge in [0.05, 0.1) is 0 Å². The van der Waals surface area contributed by atoms with Crippen molar-refractivity contribution in [3.63, 3.8) is 0 Å². The number of carbonyl (C=O) groups is 2. The Labute approximate surface area is 208 Å². The first-order chi connectivity index (χ1) is 16.3. The molecule has 34 heavy (non-hydrogen) atoms. The van der Waals surface area contributed by atoms with Gasteiger partial charge in [-0.25, -0.2) is 0 Å². The summed E-state index contributed by atoms with van der Waals surface area (Å²) in [6, 6.07) is 10.4. The monoisotopic (exact) mass is 479 g/mol. The number of nitrogens with one attached hydrogen (secondary N) is 1. The smallest absolute Gasteiger partial charge is 0.268 e. The molecule has 2 amide bonds. The van der Waals surface area contributed by atoms with E-state index in [9.17, 15) is 9.59 Å². The van der Waals surface area contributed by atoms with E-state index < -0.39 is 0 Å². The highest BCUT2D eigenvalue weighted by molar-refractivity contribution is 7.99. The van der Waals surface area contributed by atoms with E-state index >= 15 is 0 Å². The number of allylic oxidation sites excluding steroid dienone is 3. The van der Waals surface area contributed by atoms with E-state index in [-0.39, 0.29) is 17.7 Å². The van der Waals surface area contributed by atoms with Gasteiger partial charge in [0.2, 0.25) is 5.91 Å². The molecule has 0 radical (unpaired) electrons. The Morgan fingerprint density at radius 1 is 1.18 bits per heavy atom. The first-order valence-corrected chi connectivity index (χ1v) is 13.2. The van der Waals surface area contributed by atoms with Crippen LogP contribution in [0.25, 0.3) is 0 Å². The van der Waals surface area contributed by atoms with Crippen molar-refractivity contribution in [3.05, 3.63) is 83.9 Å². The van der Waals surface area contributed by atoms with E-state index in [0.29, 0.717) is 30.3 Å². The van der Waals surface area contributed by atoms with Crippen molar-refractivity contribution in [2.45, 2.75) is 39.5 Å². The van der Waals surface area contributed by atoms with E-state index in [4.69, 9.17) is 0 Å². The lowest BCUT2D eigenvalue weighted by molar-refractivity contribution is -0.130. The van der Waals surface area contributed by atoms with Gasteiger partial charge < -0.3 is 15.1 Å². The van der Waals surface area contributed by atoms with Gasteiger partial charge in [0.15, 0.2) is 0 Å². The molecule has 0 aromatic heterocycles. The van der Waals surface area contributed by atoms with Crippen molar-refractivity contribution in [2.24, 2.45) is 5.92 Å². The molecule has 182 valence electrons. The van der Waals surface area contributed by atoms with Crippen LogP contribution in [0.15, 0.2) is 78.3 Å². The van der Waals surface area contributed by atoms with E-state index in [1.54, 1.807) is 11.0 Å². The summed E-state index contributed by atoms with van der Waals surface area (Å²) in [6.07, 6.45) is 8.73.